The zero-order valence-corrected chi connectivity index (χ0v) is 10.4. The number of hydrogen-bond acceptors (Lipinski definition) is 4. The minimum atomic E-state index is -3.04. The van der Waals surface area contributed by atoms with Crippen LogP contribution in [0.3, 0.4) is 0 Å². The van der Waals surface area contributed by atoms with Gasteiger partial charge in [-0.25, -0.2) is 12.7 Å². The van der Waals surface area contributed by atoms with Crippen LogP contribution >= 0.6 is 0 Å². The van der Waals surface area contributed by atoms with E-state index >= 15 is 0 Å². The fraction of sp³-hybridized carbons (Fsp3) is 1.00. The van der Waals surface area contributed by atoms with Gasteiger partial charge in [-0.1, -0.05) is 6.92 Å². The maximum atomic E-state index is 11.7. The van der Waals surface area contributed by atoms with Crippen LogP contribution in [0.4, 0.5) is 0 Å². The summed E-state index contributed by atoms with van der Waals surface area (Å²) in [5, 5.41) is 3.24. The van der Waals surface area contributed by atoms with Crippen molar-refractivity contribution < 1.29 is 8.42 Å². The highest BCUT2D eigenvalue weighted by Crippen LogP contribution is 2.00. The summed E-state index contributed by atoms with van der Waals surface area (Å²) in [6, 6.07) is 0. The first-order valence-corrected chi connectivity index (χ1v) is 7.04. The Bertz CT molecular complexity index is 273. The SMILES string of the molecule is CCN(C)S(=O)(=O)CCN1CCNCC1. The van der Waals surface area contributed by atoms with Crippen molar-refractivity contribution in [2.45, 2.75) is 6.92 Å². The van der Waals surface area contributed by atoms with Gasteiger partial charge in [-0.15, -0.1) is 0 Å². The van der Waals surface area contributed by atoms with E-state index in [4.69, 9.17) is 0 Å². The van der Waals surface area contributed by atoms with Crippen molar-refractivity contribution in [2.24, 2.45) is 0 Å². The highest BCUT2D eigenvalue weighted by molar-refractivity contribution is 7.89. The molecule has 0 aromatic carbocycles. The van der Waals surface area contributed by atoms with Crippen LogP contribution in [-0.4, -0.2) is 69.7 Å². The van der Waals surface area contributed by atoms with Gasteiger partial charge in [-0.3, -0.25) is 4.90 Å². The van der Waals surface area contributed by atoms with Crippen LogP contribution in [0.15, 0.2) is 0 Å². The maximum absolute atomic E-state index is 11.7. The molecule has 1 fully saturated rings. The molecule has 0 unspecified atom stereocenters. The van der Waals surface area contributed by atoms with Crippen LogP contribution < -0.4 is 5.32 Å². The van der Waals surface area contributed by atoms with Crippen molar-refractivity contribution in [3.63, 3.8) is 0 Å². The van der Waals surface area contributed by atoms with E-state index in [1.54, 1.807) is 7.05 Å². The lowest BCUT2D eigenvalue weighted by molar-refractivity contribution is 0.253. The monoisotopic (exact) mass is 235 g/mol. The van der Waals surface area contributed by atoms with E-state index in [1.807, 2.05) is 6.92 Å². The lowest BCUT2D eigenvalue weighted by Crippen LogP contribution is -2.46. The van der Waals surface area contributed by atoms with Crippen LogP contribution in [0.2, 0.25) is 0 Å². The smallest absolute Gasteiger partial charge is 0.215 e. The molecular weight excluding hydrogens is 214 g/mol. The van der Waals surface area contributed by atoms with Gasteiger partial charge in [0.2, 0.25) is 10.0 Å². The van der Waals surface area contributed by atoms with Gasteiger partial charge in [0.1, 0.15) is 0 Å². The summed E-state index contributed by atoms with van der Waals surface area (Å²) in [5.74, 6) is 0.233. The number of hydrogen-bond donors (Lipinski definition) is 1. The summed E-state index contributed by atoms with van der Waals surface area (Å²) in [5.41, 5.74) is 0. The molecule has 1 saturated heterocycles. The number of rotatable bonds is 5. The molecule has 0 aromatic heterocycles. The molecule has 6 heteroatoms. The Labute approximate surface area is 92.5 Å². The van der Waals surface area contributed by atoms with Gasteiger partial charge in [-0.2, -0.15) is 0 Å². The first kappa shape index (κ1) is 12.9. The lowest BCUT2D eigenvalue weighted by atomic mass is 10.4. The van der Waals surface area contributed by atoms with Gasteiger partial charge >= 0.3 is 0 Å². The third-order valence-corrected chi connectivity index (χ3v) is 4.70. The molecule has 1 aliphatic heterocycles. The summed E-state index contributed by atoms with van der Waals surface area (Å²) < 4.78 is 24.8. The van der Waals surface area contributed by atoms with Crippen LogP contribution in [0.1, 0.15) is 6.92 Å². The van der Waals surface area contributed by atoms with Gasteiger partial charge in [0, 0.05) is 46.3 Å². The second-order valence-electron chi connectivity index (χ2n) is 3.82. The number of nitrogens with zero attached hydrogens (tertiary/aromatic N) is 2. The fourth-order valence-electron chi connectivity index (χ4n) is 1.53. The van der Waals surface area contributed by atoms with Gasteiger partial charge in [0.25, 0.3) is 0 Å². The third-order valence-electron chi connectivity index (χ3n) is 2.80. The molecule has 1 N–H and O–H groups in total. The van der Waals surface area contributed by atoms with E-state index in [-0.39, 0.29) is 5.75 Å². The molecule has 1 heterocycles. The standard InChI is InChI=1S/C9H21N3O2S/c1-3-11(2)15(13,14)9-8-12-6-4-10-5-7-12/h10H,3-9H2,1-2H3. The molecule has 1 aliphatic rings. The molecule has 0 radical (unpaired) electrons. The Hall–Kier alpha value is -0.170. The predicted octanol–water partition coefficient (Wildman–Crippen LogP) is -0.827. The highest BCUT2D eigenvalue weighted by Gasteiger charge is 2.18. The Balaban J connectivity index is 2.35. The predicted molar refractivity (Wildman–Crippen MR) is 61.4 cm³/mol. The summed E-state index contributed by atoms with van der Waals surface area (Å²) in [6.45, 7) is 6.87. The van der Waals surface area contributed by atoms with Crippen LogP contribution in [0.5, 0.6) is 0 Å². The number of sulfonamides is 1. The summed E-state index contributed by atoms with van der Waals surface area (Å²) in [7, 11) is -1.41. The Kier molecular flexibility index (Phi) is 4.98. The van der Waals surface area contributed by atoms with Crippen molar-refractivity contribution in [3.8, 4) is 0 Å². The molecule has 5 nitrogen and oxygen atoms in total. The Morgan fingerprint density at radius 1 is 1.33 bits per heavy atom. The van der Waals surface area contributed by atoms with Crippen molar-refractivity contribution in [2.75, 3.05) is 52.1 Å². The normalized spacial score (nSPS) is 19.7. The van der Waals surface area contributed by atoms with Gasteiger partial charge in [-0.05, 0) is 0 Å². The van der Waals surface area contributed by atoms with Crippen LogP contribution in [-0.2, 0) is 10.0 Å². The molecule has 0 aromatic rings. The maximum Gasteiger partial charge on any atom is 0.215 e. The van der Waals surface area contributed by atoms with E-state index in [1.165, 1.54) is 4.31 Å². The van der Waals surface area contributed by atoms with E-state index in [9.17, 15) is 8.42 Å². The zero-order valence-electron chi connectivity index (χ0n) is 9.57. The molecule has 0 amide bonds. The second-order valence-corrected chi connectivity index (χ2v) is 6.02. The quantitative estimate of drug-likeness (QED) is 0.676. The number of piperazine rings is 1. The summed E-state index contributed by atoms with van der Waals surface area (Å²) in [6.07, 6.45) is 0. The van der Waals surface area contributed by atoms with Gasteiger partial charge in [0.05, 0.1) is 5.75 Å². The first-order chi connectivity index (χ1) is 7.06. The highest BCUT2D eigenvalue weighted by atomic mass is 32.2. The van der Waals surface area contributed by atoms with Crippen molar-refractivity contribution >= 4 is 10.0 Å². The molecular formula is C9H21N3O2S. The largest absolute Gasteiger partial charge is 0.314 e. The zero-order chi connectivity index (χ0) is 11.3. The van der Waals surface area contributed by atoms with E-state index in [2.05, 4.69) is 10.2 Å². The van der Waals surface area contributed by atoms with Crippen LogP contribution in [0, 0.1) is 0 Å². The summed E-state index contributed by atoms with van der Waals surface area (Å²) >= 11 is 0. The Morgan fingerprint density at radius 3 is 2.47 bits per heavy atom. The van der Waals surface area contributed by atoms with Crippen molar-refractivity contribution in [1.82, 2.24) is 14.5 Å². The van der Waals surface area contributed by atoms with Crippen molar-refractivity contribution in [1.29, 1.82) is 0 Å². The van der Waals surface area contributed by atoms with Gasteiger partial charge in [0.15, 0.2) is 0 Å². The van der Waals surface area contributed by atoms with E-state index in [0.29, 0.717) is 13.1 Å². The minimum Gasteiger partial charge on any atom is -0.314 e. The van der Waals surface area contributed by atoms with Gasteiger partial charge < -0.3 is 5.32 Å². The fourth-order valence-corrected chi connectivity index (χ4v) is 2.73. The van der Waals surface area contributed by atoms with E-state index < -0.39 is 10.0 Å². The molecule has 0 spiro atoms. The minimum absolute atomic E-state index is 0.233. The Morgan fingerprint density at radius 2 is 1.93 bits per heavy atom. The molecule has 0 saturated carbocycles. The molecule has 15 heavy (non-hydrogen) atoms. The third kappa shape index (κ3) is 4.06. The first-order valence-electron chi connectivity index (χ1n) is 5.43. The van der Waals surface area contributed by atoms with Crippen molar-refractivity contribution in [3.05, 3.63) is 0 Å². The molecule has 1 rings (SSSR count). The average molecular weight is 235 g/mol. The molecule has 0 atom stereocenters. The summed E-state index contributed by atoms with van der Waals surface area (Å²) in [4.78, 5) is 2.19. The second kappa shape index (κ2) is 5.79. The molecule has 90 valence electrons. The average Bonchev–Trinajstić information content (AvgIpc) is 2.27. The lowest BCUT2D eigenvalue weighted by Gasteiger charge is -2.27. The topological polar surface area (TPSA) is 52.7 Å². The van der Waals surface area contributed by atoms with Crippen LogP contribution in [0.25, 0.3) is 0 Å². The number of nitrogens with one attached hydrogen (secondary N) is 1. The van der Waals surface area contributed by atoms with E-state index in [0.717, 1.165) is 26.2 Å². The molecule has 0 aliphatic carbocycles. The molecule has 0 bridgehead atoms.